The summed E-state index contributed by atoms with van der Waals surface area (Å²) in [5.41, 5.74) is 1.66. The van der Waals surface area contributed by atoms with Crippen LogP contribution in [0.15, 0.2) is 46.1 Å². The highest BCUT2D eigenvalue weighted by Gasteiger charge is 2.33. The lowest BCUT2D eigenvalue weighted by Crippen LogP contribution is -2.50. The number of aromatic amines is 1. The molecule has 2 N–H and O–H groups in total. The number of nitrogens with zero attached hydrogens (tertiary/aromatic N) is 3. The monoisotopic (exact) mass is 487 g/mol. The molecule has 2 saturated carbocycles. The van der Waals surface area contributed by atoms with Gasteiger partial charge in [-0.1, -0.05) is 57.1 Å². The molecule has 2 aliphatic carbocycles. The Morgan fingerprint density at radius 2 is 1.47 bits per heavy atom. The Kier molecular flexibility index (Phi) is 6.74. The van der Waals surface area contributed by atoms with E-state index in [2.05, 4.69) is 20.3 Å². The molecule has 7 nitrogen and oxygen atoms in total. The van der Waals surface area contributed by atoms with Crippen molar-refractivity contribution in [2.75, 3.05) is 0 Å². The molecule has 7 heteroatoms. The molecule has 2 aromatic heterocycles. The van der Waals surface area contributed by atoms with Gasteiger partial charge in [0.05, 0.1) is 16.7 Å². The SMILES string of the molecule is C1CC2CCCC(C1)C2.O=c1nccc(-c2nc3ccccc3n(C3CC4CCCC(C3)N4)c2=O)[nH]1. The fraction of sp³-hybridized carbons (Fsp3) is 0.586. The zero-order valence-electron chi connectivity index (χ0n) is 21.0. The summed E-state index contributed by atoms with van der Waals surface area (Å²) in [6.45, 7) is 0. The van der Waals surface area contributed by atoms with Crippen LogP contribution in [-0.2, 0) is 0 Å². The van der Waals surface area contributed by atoms with E-state index in [-0.39, 0.29) is 17.3 Å². The van der Waals surface area contributed by atoms with Gasteiger partial charge >= 0.3 is 5.69 Å². The van der Waals surface area contributed by atoms with Crippen molar-refractivity contribution in [2.24, 2.45) is 11.8 Å². The summed E-state index contributed by atoms with van der Waals surface area (Å²) in [4.78, 5) is 36.0. The Morgan fingerprint density at radius 1 is 0.806 bits per heavy atom. The molecular weight excluding hydrogens is 450 g/mol. The third-order valence-corrected chi connectivity index (χ3v) is 8.90. The molecular formula is C29H37N5O2. The van der Waals surface area contributed by atoms with Crippen molar-refractivity contribution in [2.45, 2.75) is 95.2 Å². The standard InChI is InChI=1S/C20H21N5O2.C9H16/c26-19-18(16-8-9-21-20(27)24-16)23-15-6-1-2-7-17(15)25(19)14-10-12-4-3-5-13(11-14)22-12;1-3-8-5-2-6-9(4-1)7-8/h1-2,6-9,12-14,22H,3-5,10-11H2,(H,21,24,27);8-9H,1-7H2. The van der Waals surface area contributed by atoms with Crippen LogP contribution in [0, 0.1) is 11.8 Å². The Morgan fingerprint density at radius 3 is 2.14 bits per heavy atom. The van der Waals surface area contributed by atoms with Crippen molar-refractivity contribution in [3.8, 4) is 11.4 Å². The van der Waals surface area contributed by atoms with Crippen LogP contribution in [0.4, 0.5) is 0 Å². The molecule has 2 aliphatic heterocycles. The second-order valence-corrected chi connectivity index (χ2v) is 11.4. The maximum Gasteiger partial charge on any atom is 0.345 e. The molecule has 7 rings (SSSR count). The van der Waals surface area contributed by atoms with E-state index in [9.17, 15) is 9.59 Å². The highest BCUT2D eigenvalue weighted by atomic mass is 16.1. The molecule has 2 atom stereocenters. The first-order valence-electron chi connectivity index (χ1n) is 14.0. The molecule has 2 unspecified atom stereocenters. The normalized spacial score (nSPS) is 29.3. The molecule has 0 spiro atoms. The second-order valence-electron chi connectivity index (χ2n) is 11.4. The summed E-state index contributed by atoms with van der Waals surface area (Å²) in [7, 11) is 0. The highest BCUT2D eigenvalue weighted by molar-refractivity contribution is 5.77. The lowest BCUT2D eigenvalue weighted by Gasteiger charge is -2.41. The summed E-state index contributed by atoms with van der Waals surface area (Å²) in [5, 5.41) is 3.69. The first-order valence-corrected chi connectivity index (χ1v) is 14.0. The maximum absolute atomic E-state index is 13.5. The number of rotatable bonds is 2. The molecule has 2 saturated heterocycles. The molecule has 4 fully saturated rings. The molecule has 3 aromatic rings. The molecule has 4 bridgehead atoms. The minimum atomic E-state index is -0.482. The van der Waals surface area contributed by atoms with Crippen molar-refractivity contribution >= 4 is 11.0 Å². The molecule has 0 radical (unpaired) electrons. The number of hydrogen-bond acceptors (Lipinski definition) is 5. The minimum absolute atomic E-state index is 0.134. The topological polar surface area (TPSA) is 92.7 Å². The van der Waals surface area contributed by atoms with E-state index in [1.807, 2.05) is 28.8 Å². The van der Waals surface area contributed by atoms with Gasteiger partial charge in [-0.25, -0.2) is 14.8 Å². The number of nitrogens with one attached hydrogen (secondary N) is 2. The smallest absolute Gasteiger partial charge is 0.311 e. The molecule has 1 aromatic carbocycles. The van der Waals surface area contributed by atoms with Gasteiger partial charge in [0.25, 0.3) is 5.56 Å². The Balaban J connectivity index is 0.000000223. The fourth-order valence-electron chi connectivity index (χ4n) is 7.27. The Hall–Kier alpha value is -2.80. The van der Waals surface area contributed by atoms with Crippen molar-refractivity contribution in [3.05, 3.63) is 57.4 Å². The van der Waals surface area contributed by atoms with E-state index in [4.69, 9.17) is 0 Å². The predicted octanol–water partition coefficient (Wildman–Crippen LogP) is 4.97. The van der Waals surface area contributed by atoms with Crippen LogP contribution in [0.2, 0.25) is 0 Å². The van der Waals surface area contributed by atoms with E-state index < -0.39 is 5.69 Å². The zero-order valence-corrected chi connectivity index (χ0v) is 21.0. The Bertz CT molecular complexity index is 1300. The number of fused-ring (bicyclic) bond motifs is 5. The Labute approximate surface area is 211 Å². The van der Waals surface area contributed by atoms with Crippen molar-refractivity contribution in [1.29, 1.82) is 0 Å². The largest absolute Gasteiger partial charge is 0.345 e. The first kappa shape index (κ1) is 23.6. The van der Waals surface area contributed by atoms with Crippen LogP contribution < -0.4 is 16.6 Å². The first-order chi connectivity index (χ1) is 17.6. The van der Waals surface area contributed by atoms with Gasteiger partial charge in [-0.3, -0.25) is 4.79 Å². The summed E-state index contributed by atoms with van der Waals surface area (Å²) in [6, 6.07) is 10.4. The van der Waals surface area contributed by atoms with Crippen LogP contribution in [0.3, 0.4) is 0 Å². The number of benzene rings is 1. The van der Waals surface area contributed by atoms with Crippen LogP contribution in [0.25, 0.3) is 22.4 Å². The van der Waals surface area contributed by atoms with Gasteiger partial charge in [-0.15, -0.1) is 0 Å². The minimum Gasteiger partial charge on any atom is -0.311 e. The number of aromatic nitrogens is 4. The summed E-state index contributed by atoms with van der Waals surface area (Å²) in [6.07, 6.45) is 17.7. The molecule has 4 heterocycles. The number of hydrogen-bond donors (Lipinski definition) is 2. The van der Waals surface area contributed by atoms with Crippen LogP contribution in [0.1, 0.15) is 83.1 Å². The van der Waals surface area contributed by atoms with E-state index in [0.717, 1.165) is 48.6 Å². The third-order valence-electron chi connectivity index (χ3n) is 8.90. The average Bonchev–Trinajstić information content (AvgIpc) is 2.88. The van der Waals surface area contributed by atoms with Crippen LogP contribution in [-0.4, -0.2) is 31.6 Å². The summed E-state index contributed by atoms with van der Waals surface area (Å²) >= 11 is 0. The molecule has 36 heavy (non-hydrogen) atoms. The highest BCUT2D eigenvalue weighted by Crippen LogP contribution is 2.39. The second kappa shape index (κ2) is 10.3. The molecule has 190 valence electrons. The third kappa shape index (κ3) is 4.90. The van der Waals surface area contributed by atoms with Crippen LogP contribution in [0.5, 0.6) is 0 Å². The van der Waals surface area contributed by atoms with E-state index >= 15 is 0 Å². The van der Waals surface area contributed by atoms with E-state index in [1.54, 1.807) is 38.2 Å². The van der Waals surface area contributed by atoms with Crippen molar-refractivity contribution in [1.82, 2.24) is 24.8 Å². The molecule has 0 amide bonds. The number of H-pyrrole nitrogens is 1. The van der Waals surface area contributed by atoms with Gasteiger partial charge in [0, 0.05) is 24.3 Å². The van der Waals surface area contributed by atoms with Gasteiger partial charge in [0.1, 0.15) is 0 Å². The van der Waals surface area contributed by atoms with E-state index in [1.165, 1.54) is 25.5 Å². The van der Waals surface area contributed by atoms with Gasteiger partial charge in [-0.05, 0) is 62.1 Å². The van der Waals surface area contributed by atoms with Gasteiger partial charge in [0.15, 0.2) is 5.69 Å². The maximum atomic E-state index is 13.5. The average molecular weight is 488 g/mol. The van der Waals surface area contributed by atoms with Gasteiger partial charge < -0.3 is 14.9 Å². The summed E-state index contributed by atoms with van der Waals surface area (Å²) in [5.74, 6) is 2.30. The van der Waals surface area contributed by atoms with Crippen molar-refractivity contribution < 1.29 is 0 Å². The lowest BCUT2D eigenvalue weighted by molar-refractivity contribution is 0.189. The lowest BCUT2D eigenvalue weighted by atomic mass is 9.72. The fourth-order valence-corrected chi connectivity index (χ4v) is 7.27. The quantitative estimate of drug-likeness (QED) is 0.532. The van der Waals surface area contributed by atoms with Crippen molar-refractivity contribution in [3.63, 3.8) is 0 Å². The predicted molar refractivity (Wildman–Crippen MR) is 142 cm³/mol. The zero-order chi connectivity index (χ0) is 24.5. The van der Waals surface area contributed by atoms with Crippen LogP contribution >= 0.6 is 0 Å². The van der Waals surface area contributed by atoms with E-state index in [0.29, 0.717) is 17.8 Å². The number of piperidine rings is 2. The van der Waals surface area contributed by atoms with Gasteiger partial charge in [-0.2, -0.15) is 0 Å². The number of para-hydroxylation sites is 2. The molecule has 4 aliphatic rings. The summed E-state index contributed by atoms with van der Waals surface area (Å²) < 4.78 is 1.91. The van der Waals surface area contributed by atoms with Gasteiger partial charge in [0.2, 0.25) is 0 Å².